The van der Waals surface area contributed by atoms with Crippen molar-refractivity contribution in [1.82, 2.24) is 15.5 Å². The molecule has 1 atom stereocenters. The van der Waals surface area contributed by atoms with Crippen molar-refractivity contribution in [2.45, 2.75) is 38.1 Å². The van der Waals surface area contributed by atoms with Crippen molar-refractivity contribution in [2.75, 3.05) is 37.8 Å². The zero-order valence-electron chi connectivity index (χ0n) is 15.8. The maximum atomic E-state index is 12.7. The van der Waals surface area contributed by atoms with Crippen LogP contribution < -0.4 is 10.6 Å². The number of ketones is 1. The van der Waals surface area contributed by atoms with Gasteiger partial charge < -0.3 is 20.3 Å². The van der Waals surface area contributed by atoms with E-state index in [1.165, 1.54) is 4.90 Å². The van der Waals surface area contributed by atoms with Crippen molar-refractivity contribution in [3.8, 4) is 0 Å². The van der Waals surface area contributed by atoms with E-state index >= 15 is 0 Å². The number of rotatable bonds is 7. The Morgan fingerprint density at radius 1 is 1.25 bits per heavy atom. The van der Waals surface area contributed by atoms with Crippen molar-refractivity contribution >= 4 is 27.6 Å². The van der Waals surface area contributed by atoms with Gasteiger partial charge in [0, 0.05) is 19.5 Å². The number of nitrogens with one attached hydrogen (secondary N) is 2. The van der Waals surface area contributed by atoms with E-state index in [2.05, 4.69) is 10.6 Å². The highest BCUT2D eigenvalue weighted by Gasteiger charge is 2.34. The number of carbonyl (C=O) groups is 3. The van der Waals surface area contributed by atoms with Gasteiger partial charge in [0.05, 0.1) is 30.4 Å². The molecule has 0 aromatic rings. The third-order valence-electron chi connectivity index (χ3n) is 5.03. The lowest BCUT2D eigenvalue weighted by Crippen LogP contribution is -2.56. The molecule has 0 unspecified atom stereocenters. The lowest BCUT2D eigenvalue weighted by atomic mass is 10.0. The monoisotopic (exact) mass is 413 g/mol. The molecule has 1 saturated heterocycles. The molecule has 2 N–H and O–H groups in total. The molecule has 1 aliphatic heterocycles. The summed E-state index contributed by atoms with van der Waals surface area (Å²) in [6, 6.07) is -1.76. The largest absolute Gasteiger partial charge is 0.378 e. The van der Waals surface area contributed by atoms with Crippen LogP contribution in [0.25, 0.3) is 0 Å². The number of amides is 3. The van der Waals surface area contributed by atoms with Gasteiger partial charge in [-0.2, -0.15) is 0 Å². The molecule has 9 nitrogen and oxygen atoms in total. The van der Waals surface area contributed by atoms with E-state index in [4.69, 9.17) is 4.74 Å². The van der Waals surface area contributed by atoms with E-state index in [0.29, 0.717) is 39.1 Å². The number of morpholine rings is 1. The Balaban J connectivity index is 1.68. The van der Waals surface area contributed by atoms with Crippen molar-refractivity contribution in [1.29, 1.82) is 0 Å². The fourth-order valence-electron chi connectivity index (χ4n) is 3.25. The number of sulfone groups is 1. The normalized spacial score (nSPS) is 21.6. The standard InChI is InChI=1S/C18H27N3O6S/c22-16-4-2-1-3-14(16)19-17(23)15(12-28(25,26)11-13-5-6-13)20-18(24)21-7-9-27-10-8-21/h3,13,15H,1-2,4-12H2,(H,19,23)(H,20,24)/t15-/m0/s1. The minimum atomic E-state index is -3.52. The lowest BCUT2D eigenvalue weighted by molar-refractivity contribution is -0.124. The molecule has 0 spiro atoms. The fourth-order valence-corrected chi connectivity index (χ4v) is 5.18. The Morgan fingerprint density at radius 3 is 2.61 bits per heavy atom. The van der Waals surface area contributed by atoms with Gasteiger partial charge in [-0.25, -0.2) is 13.2 Å². The first-order chi connectivity index (χ1) is 13.3. The van der Waals surface area contributed by atoms with Gasteiger partial charge in [0.1, 0.15) is 6.04 Å². The Hall–Kier alpha value is -1.94. The van der Waals surface area contributed by atoms with Crippen molar-refractivity contribution in [3.63, 3.8) is 0 Å². The highest BCUT2D eigenvalue weighted by atomic mass is 32.2. The SMILES string of the molecule is O=C1CCCC=C1NC(=O)[C@H](CS(=O)(=O)CC1CC1)NC(=O)N1CCOCC1. The zero-order valence-corrected chi connectivity index (χ0v) is 16.6. The van der Waals surface area contributed by atoms with Gasteiger partial charge in [-0.05, 0) is 31.6 Å². The van der Waals surface area contributed by atoms with E-state index in [9.17, 15) is 22.8 Å². The first kappa shape index (κ1) is 20.8. The van der Waals surface area contributed by atoms with Gasteiger partial charge in [-0.3, -0.25) is 9.59 Å². The Bertz CT molecular complexity index is 753. The van der Waals surface area contributed by atoms with Gasteiger partial charge >= 0.3 is 6.03 Å². The van der Waals surface area contributed by atoms with Gasteiger partial charge in [-0.15, -0.1) is 0 Å². The molecule has 2 aliphatic carbocycles. The number of hydrogen-bond donors (Lipinski definition) is 2. The minimum absolute atomic E-state index is 0.0197. The number of urea groups is 1. The second-order valence-corrected chi connectivity index (χ2v) is 9.70. The molecule has 3 aliphatic rings. The van der Waals surface area contributed by atoms with Crippen LogP contribution in [0, 0.1) is 5.92 Å². The molecule has 0 aromatic heterocycles. The number of allylic oxidation sites excluding steroid dienone is 2. The lowest BCUT2D eigenvalue weighted by Gasteiger charge is -2.29. The molecule has 156 valence electrons. The molecule has 0 bridgehead atoms. The smallest absolute Gasteiger partial charge is 0.318 e. The molecular formula is C18H27N3O6S. The molecule has 3 amide bonds. The van der Waals surface area contributed by atoms with Gasteiger partial charge in [0.25, 0.3) is 0 Å². The summed E-state index contributed by atoms with van der Waals surface area (Å²) in [6.45, 7) is 1.54. The summed E-state index contributed by atoms with van der Waals surface area (Å²) in [5, 5.41) is 5.06. The van der Waals surface area contributed by atoms with Crippen molar-refractivity contribution in [2.24, 2.45) is 5.92 Å². The molecule has 1 saturated carbocycles. The number of carbonyl (C=O) groups excluding carboxylic acids is 3. The van der Waals surface area contributed by atoms with Crippen LogP contribution in [0.4, 0.5) is 4.79 Å². The summed E-state index contributed by atoms with van der Waals surface area (Å²) in [5.74, 6) is -1.17. The highest BCUT2D eigenvalue weighted by Crippen LogP contribution is 2.30. The summed E-state index contributed by atoms with van der Waals surface area (Å²) >= 11 is 0. The first-order valence-electron chi connectivity index (χ1n) is 9.72. The topological polar surface area (TPSA) is 122 Å². The van der Waals surface area contributed by atoms with E-state index in [1.54, 1.807) is 6.08 Å². The van der Waals surface area contributed by atoms with E-state index < -0.39 is 33.6 Å². The molecule has 10 heteroatoms. The van der Waals surface area contributed by atoms with Crippen LogP contribution in [0.2, 0.25) is 0 Å². The maximum absolute atomic E-state index is 12.7. The van der Waals surface area contributed by atoms with Crippen LogP contribution >= 0.6 is 0 Å². The van der Waals surface area contributed by atoms with Gasteiger partial charge in [0.15, 0.2) is 15.6 Å². The fraction of sp³-hybridized carbons (Fsp3) is 0.722. The van der Waals surface area contributed by atoms with Crippen molar-refractivity contribution in [3.05, 3.63) is 11.8 Å². The minimum Gasteiger partial charge on any atom is -0.378 e. The average Bonchev–Trinajstić information content (AvgIpc) is 3.46. The second kappa shape index (κ2) is 9.04. The quantitative estimate of drug-likeness (QED) is 0.605. The van der Waals surface area contributed by atoms with Gasteiger partial charge in [-0.1, -0.05) is 6.08 Å². The van der Waals surface area contributed by atoms with Crippen LogP contribution in [0.15, 0.2) is 11.8 Å². The van der Waals surface area contributed by atoms with E-state index in [-0.39, 0.29) is 23.2 Å². The molecule has 1 heterocycles. The summed E-state index contributed by atoms with van der Waals surface area (Å²) in [7, 11) is -3.52. The van der Waals surface area contributed by atoms with E-state index in [1.807, 2.05) is 0 Å². The molecule has 2 fully saturated rings. The summed E-state index contributed by atoms with van der Waals surface area (Å²) < 4.78 is 30.1. The second-order valence-electron chi connectivity index (χ2n) is 7.54. The molecular weight excluding hydrogens is 386 g/mol. The number of Topliss-reactive ketones (excluding diaryl/α,β-unsaturated/α-hetero) is 1. The molecule has 3 rings (SSSR count). The van der Waals surface area contributed by atoms with Gasteiger partial charge in [0.2, 0.25) is 5.91 Å². The zero-order chi connectivity index (χ0) is 20.1. The predicted molar refractivity (Wildman–Crippen MR) is 101 cm³/mol. The maximum Gasteiger partial charge on any atom is 0.318 e. The summed E-state index contributed by atoms with van der Waals surface area (Å²) in [6.07, 6.45) is 5.13. The van der Waals surface area contributed by atoms with Crippen LogP contribution in [-0.4, -0.2) is 74.9 Å². The van der Waals surface area contributed by atoms with Crippen LogP contribution in [-0.2, 0) is 24.2 Å². The van der Waals surface area contributed by atoms with Crippen molar-refractivity contribution < 1.29 is 27.5 Å². The average molecular weight is 413 g/mol. The predicted octanol–water partition coefficient (Wildman–Crippen LogP) is -0.0253. The molecule has 0 aromatic carbocycles. The Morgan fingerprint density at radius 2 is 1.96 bits per heavy atom. The summed E-state index contributed by atoms with van der Waals surface area (Å²) in [4.78, 5) is 38.7. The Kier molecular flexibility index (Phi) is 6.71. The number of ether oxygens (including phenoxy) is 1. The summed E-state index contributed by atoms with van der Waals surface area (Å²) in [5.41, 5.74) is 0.182. The third-order valence-corrected chi connectivity index (χ3v) is 6.85. The highest BCUT2D eigenvalue weighted by molar-refractivity contribution is 7.91. The third kappa shape index (κ3) is 6.03. The number of nitrogens with zero attached hydrogens (tertiary/aromatic N) is 1. The van der Waals surface area contributed by atoms with E-state index in [0.717, 1.165) is 19.3 Å². The molecule has 28 heavy (non-hydrogen) atoms. The van der Waals surface area contributed by atoms with Crippen LogP contribution in [0.5, 0.6) is 0 Å². The number of hydrogen-bond acceptors (Lipinski definition) is 6. The Labute approximate surface area is 164 Å². The van der Waals surface area contributed by atoms with Crippen LogP contribution in [0.1, 0.15) is 32.1 Å². The first-order valence-corrected chi connectivity index (χ1v) is 11.5. The molecule has 0 radical (unpaired) electrons. The van der Waals surface area contributed by atoms with Crippen LogP contribution in [0.3, 0.4) is 0 Å².